The highest BCUT2D eigenvalue weighted by Crippen LogP contribution is 2.20. The Morgan fingerprint density at radius 3 is 3.05 bits per heavy atom. The molecule has 1 aliphatic heterocycles. The SMILES string of the molecule is COc1cc(C)ccc1CNC(=O)C1CCCNC1. The van der Waals surface area contributed by atoms with Crippen molar-refractivity contribution in [2.75, 3.05) is 20.2 Å². The standard InChI is InChI=1S/C15H22N2O2/c1-11-5-6-12(14(8-11)19-2)10-17-15(18)13-4-3-7-16-9-13/h5-6,8,13,16H,3-4,7,9-10H2,1-2H3,(H,17,18). The molecule has 1 heterocycles. The molecule has 0 spiro atoms. The third-order valence-electron chi connectivity index (χ3n) is 3.56. The molecule has 1 fully saturated rings. The van der Waals surface area contributed by atoms with Gasteiger partial charge in [-0.3, -0.25) is 4.79 Å². The molecule has 0 bridgehead atoms. The van der Waals surface area contributed by atoms with Gasteiger partial charge < -0.3 is 15.4 Å². The van der Waals surface area contributed by atoms with Crippen LogP contribution < -0.4 is 15.4 Å². The first-order valence-corrected chi connectivity index (χ1v) is 6.82. The Bertz CT molecular complexity index is 440. The van der Waals surface area contributed by atoms with Gasteiger partial charge in [0.25, 0.3) is 0 Å². The second-order valence-electron chi connectivity index (χ2n) is 5.08. The first-order chi connectivity index (χ1) is 9.20. The lowest BCUT2D eigenvalue weighted by Gasteiger charge is -2.22. The Hall–Kier alpha value is -1.55. The molecule has 2 rings (SSSR count). The molecular weight excluding hydrogens is 240 g/mol. The molecule has 1 saturated heterocycles. The maximum atomic E-state index is 12.0. The van der Waals surface area contributed by atoms with E-state index in [-0.39, 0.29) is 11.8 Å². The van der Waals surface area contributed by atoms with Crippen LogP contribution in [-0.4, -0.2) is 26.1 Å². The highest BCUT2D eigenvalue weighted by Gasteiger charge is 2.20. The number of nitrogens with one attached hydrogen (secondary N) is 2. The van der Waals surface area contributed by atoms with Crippen LogP contribution >= 0.6 is 0 Å². The van der Waals surface area contributed by atoms with Crippen molar-refractivity contribution in [2.24, 2.45) is 5.92 Å². The summed E-state index contributed by atoms with van der Waals surface area (Å²) in [6, 6.07) is 6.03. The molecule has 104 valence electrons. The number of carbonyl (C=O) groups excluding carboxylic acids is 1. The molecular formula is C15H22N2O2. The first-order valence-electron chi connectivity index (χ1n) is 6.82. The van der Waals surface area contributed by atoms with E-state index in [1.807, 2.05) is 25.1 Å². The van der Waals surface area contributed by atoms with Gasteiger partial charge in [-0.2, -0.15) is 0 Å². The topological polar surface area (TPSA) is 50.4 Å². The van der Waals surface area contributed by atoms with E-state index in [1.54, 1.807) is 7.11 Å². The highest BCUT2D eigenvalue weighted by molar-refractivity contribution is 5.79. The third-order valence-corrected chi connectivity index (χ3v) is 3.56. The van der Waals surface area contributed by atoms with E-state index in [0.29, 0.717) is 6.54 Å². The summed E-state index contributed by atoms with van der Waals surface area (Å²) < 4.78 is 5.34. The Labute approximate surface area is 114 Å². The average molecular weight is 262 g/mol. The van der Waals surface area contributed by atoms with Crippen LogP contribution in [0.2, 0.25) is 0 Å². The molecule has 19 heavy (non-hydrogen) atoms. The molecule has 0 aromatic heterocycles. The van der Waals surface area contributed by atoms with Crippen LogP contribution in [0, 0.1) is 12.8 Å². The van der Waals surface area contributed by atoms with Crippen LogP contribution in [0.1, 0.15) is 24.0 Å². The maximum Gasteiger partial charge on any atom is 0.224 e. The van der Waals surface area contributed by atoms with E-state index >= 15 is 0 Å². The lowest BCUT2D eigenvalue weighted by molar-refractivity contribution is -0.125. The molecule has 4 nitrogen and oxygen atoms in total. The Morgan fingerprint density at radius 1 is 1.53 bits per heavy atom. The number of hydrogen-bond donors (Lipinski definition) is 2. The van der Waals surface area contributed by atoms with Crippen LogP contribution in [0.3, 0.4) is 0 Å². The zero-order valence-corrected chi connectivity index (χ0v) is 11.7. The maximum absolute atomic E-state index is 12.0. The minimum Gasteiger partial charge on any atom is -0.496 e. The van der Waals surface area contributed by atoms with Gasteiger partial charge >= 0.3 is 0 Å². The van der Waals surface area contributed by atoms with Crippen LogP contribution in [-0.2, 0) is 11.3 Å². The molecule has 0 aliphatic carbocycles. The fraction of sp³-hybridized carbons (Fsp3) is 0.533. The number of benzene rings is 1. The molecule has 1 aromatic carbocycles. The van der Waals surface area contributed by atoms with Crippen molar-refractivity contribution in [1.29, 1.82) is 0 Å². The molecule has 1 unspecified atom stereocenters. The summed E-state index contributed by atoms with van der Waals surface area (Å²) in [6.07, 6.45) is 2.05. The van der Waals surface area contributed by atoms with E-state index in [9.17, 15) is 4.79 Å². The summed E-state index contributed by atoms with van der Waals surface area (Å²) in [4.78, 5) is 12.0. The minimum absolute atomic E-state index is 0.102. The van der Waals surface area contributed by atoms with Crippen molar-refractivity contribution in [2.45, 2.75) is 26.3 Å². The quantitative estimate of drug-likeness (QED) is 0.867. The van der Waals surface area contributed by atoms with Gasteiger partial charge in [-0.05, 0) is 37.9 Å². The summed E-state index contributed by atoms with van der Waals surface area (Å²) in [7, 11) is 1.66. The molecule has 1 aromatic rings. The van der Waals surface area contributed by atoms with Crippen molar-refractivity contribution in [3.05, 3.63) is 29.3 Å². The summed E-state index contributed by atoms with van der Waals surface area (Å²) >= 11 is 0. The minimum atomic E-state index is 0.102. The number of carbonyl (C=O) groups is 1. The number of ether oxygens (including phenoxy) is 1. The summed E-state index contributed by atoms with van der Waals surface area (Å²) in [6.45, 7) is 4.36. The second kappa shape index (κ2) is 6.57. The van der Waals surface area contributed by atoms with E-state index in [0.717, 1.165) is 42.8 Å². The number of hydrogen-bond acceptors (Lipinski definition) is 3. The molecule has 0 radical (unpaired) electrons. The van der Waals surface area contributed by atoms with Crippen molar-refractivity contribution >= 4 is 5.91 Å². The molecule has 2 N–H and O–H groups in total. The van der Waals surface area contributed by atoms with Gasteiger partial charge in [0, 0.05) is 18.7 Å². The fourth-order valence-electron chi connectivity index (χ4n) is 2.40. The van der Waals surface area contributed by atoms with E-state index in [2.05, 4.69) is 10.6 Å². The van der Waals surface area contributed by atoms with Crippen LogP contribution in [0.15, 0.2) is 18.2 Å². The monoisotopic (exact) mass is 262 g/mol. The summed E-state index contributed by atoms with van der Waals surface area (Å²) in [5, 5.41) is 6.26. The Morgan fingerprint density at radius 2 is 2.37 bits per heavy atom. The number of rotatable bonds is 4. The van der Waals surface area contributed by atoms with Gasteiger partial charge in [-0.25, -0.2) is 0 Å². The average Bonchev–Trinajstić information content (AvgIpc) is 2.46. The van der Waals surface area contributed by atoms with Crippen LogP contribution in [0.5, 0.6) is 5.75 Å². The van der Waals surface area contributed by atoms with Crippen molar-refractivity contribution in [1.82, 2.24) is 10.6 Å². The van der Waals surface area contributed by atoms with Gasteiger partial charge in [0.1, 0.15) is 5.75 Å². The Kier molecular flexibility index (Phi) is 4.80. The molecule has 0 saturated carbocycles. The zero-order chi connectivity index (χ0) is 13.7. The van der Waals surface area contributed by atoms with Crippen molar-refractivity contribution in [3.8, 4) is 5.75 Å². The largest absolute Gasteiger partial charge is 0.496 e. The van der Waals surface area contributed by atoms with E-state index < -0.39 is 0 Å². The summed E-state index contributed by atoms with van der Waals surface area (Å²) in [5.41, 5.74) is 2.17. The van der Waals surface area contributed by atoms with Crippen molar-refractivity contribution < 1.29 is 9.53 Å². The van der Waals surface area contributed by atoms with Crippen LogP contribution in [0.25, 0.3) is 0 Å². The third kappa shape index (κ3) is 3.70. The summed E-state index contributed by atoms with van der Waals surface area (Å²) in [5.74, 6) is 1.07. The van der Waals surface area contributed by atoms with Gasteiger partial charge in [0.05, 0.1) is 13.0 Å². The smallest absolute Gasteiger partial charge is 0.224 e. The van der Waals surface area contributed by atoms with Gasteiger partial charge in [0.15, 0.2) is 0 Å². The van der Waals surface area contributed by atoms with E-state index in [4.69, 9.17) is 4.74 Å². The predicted octanol–water partition coefficient (Wildman–Crippen LogP) is 1.62. The van der Waals surface area contributed by atoms with Gasteiger partial charge in [-0.1, -0.05) is 12.1 Å². The van der Waals surface area contributed by atoms with Gasteiger partial charge in [0.2, 0.25) is 5.91 Å². The first kappa shape index (κ1) is 13.9. The number of piperidine rings is 1. The lowest BCUT2D eigenvalue weighted by Crippen LogP contribution is -2.40. The Balaban J connectivity index is 1.92. The number of aryl methyl sites for hydroxylation is 1. The van der Waals surface area contributed by atoms with E-state index in [1.165, 1.54) is 0 Å². The zero-order valence-electron chi connectivity index (χ0n) is 11.7. The predicted molar refractivity (Wildman–Crippen MR) is 75.2 cm³/mol. The molecule has 4 heteroatoms. The molecule has 1 aliphatic rings. The lowest BCUT2D eigenvalue weighted by atomic mass is 9.99. The second-order valence-corrected chi connectivity index (χ2v) is 5.08. The fourth-order valence-corrected chi connectivity index (χ4v) is 2.40. The number of methoxy groups -OCH3 is 1. The van der Waals surface area contributed by atoms with Crippen LogP contribution in [0.4, 0.5) is 0 Å². The highest BCUT2D eigenvalue weighted by atomic mass is 16.5. The molecule has 1 amide bonds. The normalized spacial score (nSPS) is 18.9. The number of amides is 1. The van der Waals surface area contributed by atoms with Crippen molar-refractivity contribution in [3.63, 3.8) is 0 Å². The van der Waals surface area contributed by atoms with Gasteiger partial charge in [-0.15, -0.1) is 0 Å². The molecule has 1 atom stereocenters.